The zero-order valence-corrected chi connectivity index (χ0v) is 12.6. The lowest BCUT2D eigenvalue weighted by atomic mass is 9.98. The van der Waals surface area contributed by atoms with Crippen molar-refractivity contribution in [1.29, 1.82) is 0 Å². The van der Waals surface area contributed by atoms with Crippen LogP contribution in [0.4, 0.5) is 0 Å². The van der Waals surface area contributed by atoms with Gasteiger partial charge in [0.25, 0.3) is 5.91 Å². The first-order valence-corrected chi connectivity index (χ1v) is 7.55. The van der Waals surface area contributed by atoms with Crippen molar-refractivity contribution in [2.75, 3.05) is 13.3 Å². The minimum absolute atomic E-state index is 0.0334. The summed E-state index contributed by atoms with van der Waals surface area (Å²) in [6.07, 6.45) is 0.808. The number of hydrogen-bond acceptors (Lipinski definition) is 3. The Balaban J connectivity index is 1.62. The highest BCUT2D eigenvalue weighted by molar-refractivity contribution is 6.33. The summed E-state index contributed by atoms with van der Waals surface area (Å²) in [4.78, 5) is 14.5. The molecular weight excluding hydrogens is 302 g/mol. The third kappa shape index (κ3) is 2.20. The Morgan fingerprint density at radius 1 is 1.09 bits per heavy atom. The van der Waals surface area contributed by atoms with Crippen molar-refractivity contribution in [3.63, 3.8) is 0 Å². The summed E-state index contributed by atoms with van der Waals surface area (Å²) in [5.41, 5.74) is 2.87. The van der Waals surface area contributed by atoms with Gasteiger partial charge in [-0.05, 0) is 41.8 Å². The Kier molecular flexibility index (Phi) is 3.19. The highest BCUT2D eigenvalue weighted by Crippen LogP contribution is 2.37. The number of rotatable bonds is 1. The maximum absolute atomic E-state index is 12.6. The number of carbonyl (C=O) groups excluding carboxylic acids is 1. The van der Waals surface area contributed by atoms with Gasteiger partial charge in [-0.15, -0.1) is 0 Å². The lowest BCUT2D eigenvalue weighted by Crippen LogP contribution is -2.36. The van der Waals surface area contributed by atoms with Crippen LogP contribution in [0.5, 0.6) is 11.5 Å². The Bertz CT molecular complexity index is 760. The molecule has 0 saturated carbocycles. The van der Waals surface area contributed by atoms with E-state index in [0.717, 1.165) is 23.5 Å². The number of fused-ring (bicyclic) bond motifs is 2. The van der Waals surface area contributed by atoms with Crippen LogP contribution in [-0.2, 0) is 13.0 Å². The summed E-state index contributed by atoms with van der Waals surface area (Å²) < 4.78 is 10.8. The number of carbonyl (C=O) groups is 1. The zero-order valence-electron chi connectivity index (χ0n) is 11.8. The molecule has 0 N–H and O–H groups in total. The predicted molar refractivity (Wildman–Crippen MR) is 82.5 cm³/mol. The molecule has 112 valence electrons. The molecule has 0 radical (unpaired) electrons. The van der Waals surface area contributed by atoms with Crippen LogP contribution in [0.3, 0.4) is 0 Å². The van der Waals surface area contributed by atoms with Gasteiger partial charge in [-0.2, -0.15) is 0 Å². The van der Waals surface area contributed by atoms with Gasteiger partial charge in [0, 0.05) is 13.1 Å². The minimum Gasteiger partial charge on any atom is -0.454 e. The smallest absolute Gasteiger partial charge is 0.255 e. The summed E-state index contributed by atoms with van der Waals surface area (Å²) >= 11 is 6.13. The van der Waals surface area contributed by atoms with Gasteiger partial charge in [0.15, 0.2) is 11.5 Å². The molecule has 2 aliphatic heterocycles. The molecule has 2 heterocycles. The average Bonchev–Trinajstić information content (AvgIpc) is 2.99. The van der Waals surface area contributed by atoms with E-state index in [0.29, 0.717) is 23.7 Å². The number of hydrogen-bond donors (Lipinski definition) is 0. The normalized spacial score (nSPS) is 15.6. The quantitative estimate of drug-likeness (QED) is 0.810. The molecule has 4 rings (SSSR count). The summed E-state index contributed by atoms with van der Waals surface area (Å²) in [5.74, 6) is 1.52. The predicted octanol–water partition coefficient (Wildman–Crippen LogP) is 3.27. The number of benzene rings is 2. The van der Waals surface area contributed by atoms with Crippen LogP contribution in [0.25, 0.3) is 0 Å². The maximum Gasteiger partial charge on any atom is 0.255 e. The molecule has 4 nitrogen and oxygen atoms in total. The molecule has 5 heteroatoms. The molecule has 2 aromatic rings. The fourth-order valence-electron chi connectivity index (χ4n) is 2.92. The van der Waals surface area contributed by atoms with Gasteiger partial charge in [-0.1, -0.05) is 23.7 Å². The monoisotopic (exact) mass is 315 g/mol. The van der Waals surface area contributed by atoms with Crippen molar-refractivity contribution in [3.8, 4) is 11.5 Å². The molecule has 0 spiro atoms. The zero-order chi connectivity index (χ0) is 15.1. The number of nitrogens with zero attached hydrogens (tertiary/aromatic N) is 1. The topological polar surface area (TPSA) is 38.8 Å². The van der Waals surface area contributed by atoms with E-state index in [1.165, 1.54) is 5.56 Å². The van der Waals surface area contributed by atoms with Gasteiger partial charge < -0.3 is 14.4 Å². The molecule has 2 aromatic carbocycles. The molecular formula is C17H14ClNO3. The summed E-state index contributed by atoms with van der Waals surface area (Å²) in [6, 6.07) is 11.2. The first-order chi connectivity index (χ1) is 10.7. The van der Waals surface area contributed by atoms with Crippen LogP contribution < -0.4 is 9.47 Å². The van der Waals surface area contributed by atoms with Crippen LogP contribution >= 0.6 is 11.6 Å². The van der Waals surface area contributed by atoms with Crippen molar-refractivity contribution in [3.05, 3.63) is 58.1 Å². The number of ether oxygens (including phenoxy) is 2. The van der Waals surface area contributed by atoms with E-state index in [1.807, 2.05) is 29.2 Å². The molecule has 0 aromatic heterocycles. The summed E-state index contributed by atoms with van der Waals surface area (Å²) in [6.45, 7) is 1.51. The van der Waals surface area contributed by atoms with Gasteiger partial charge in [0.1, 0.15) is 0 Å². The highest BCUT2D eigenvalue weighted by atomic mass is 35.5. The molecule has 0 aliphatic carbocycles. The van der Waals surface area contributed by atoms with Crippen LogP contribution in [0.15, 0.2) is 36.4 Å². The number of amides is 1. The first kappa shape index (κ1) is 13.5. The van der Waals surface area contributed by atoms with Crippen molar-refractivity contribution < 1.29 is 14.3 Å². The van der Waals surface area contributed by atoms with Gasteiger partial charge >= 0.3 is 0 Å². The molecule has 1 amide bonds. The minimum atomic E-state index is -0.0334. The standard InChI is InChI=1S/C17H14ClNO3/c18-14-4-2-1-3-13(14)17(20)19-6-5-11-7-15-16(22-10-21-15)8-12(11)9-19/h1-4,7-8H,5-6,9-10H2. The summed E-state index contributed by atoms with van der Waals surface area (Å²) in [5, 5.41) is 0.490. The van der Waals surface area contributed by atoms with Crippen LogP contribution in [-0.4, -0.2) is 24.1 Å². The van der Waals surface area contributed by atoms with Crippen LogP contribution in [0.1, 0.15) is 21.5 Å². The second kappa shape index (κ2) is 5.21. The third-order valence-electron chi connectivity index (χ3n) is 4.10. The maximum atomic E-state index is 12.6. The van der Waals surface area contributed by atoms with E-state index in [2.05, 4.69) is 0 Å². The SMILES string of the molecule is O=C(c1ccccc1Cl)N1CCc2cc3c(cc2C1)OCO3. The van der Waals surface area contributed by atoms with Crippen molar-refractivity contribution in [2.24, 2.45) is 0 Å². The third-order valence-corrected chi connectivity index (χ3v) is 4.43. The van der Waals surface area contributed by atoms with E-state index >= 15 is 0 Å². The molecule has 0 atom stereocenters. The van der Waals surface area contributed by atoms with Gasteiger partial charge in [-0.25, -0.2) is 0 Å². The van der Waals surface area contributed by atoms with Crippen LogP contribution in [0.2, 0.25) is 5.02 Å². The molecule has 22 heavy (non-hydrogen) atoms. The van der Waals surface area contributed by atoms with E-state index in [9.17, 15) is 4.79 Å². The van der Waals surface area contributed by atoms with Crippen molar-refractivity contribution in [2.45, 2.75) is 13.0 Å². The first-order valence-electron chi connectivity index (χ1n) is 7.17. The van der Waals surface area contributed by atoms with Gasteiger partial charge in [0.2, 0.25) is 6.79 Å². The largest absolute Gasteiger partial charge is 0.454 e. The van der Waals surface area contributed by atoms with Crippen molar-refractivity contribution >= 4 is 17.5 Å². The van der Waals surface area contributed by atoms with E-state index in [1.54, 1.807) is 12.1 Å². The molecule has 0 saturated heterocycles. The number of halogens is 1. The molecule has 2 aliphatic rings. The van der Waals surface area contributed by atoms with Crippen molar-refractivity contribution in [1.82, 2.24) is 4.90 Å². The highest BCUT2D eigenvalue weighted by Gasteiger charge is 2.26. The Hall–Kier alpha value is -2.20. The Morgan fingerprint density at radius 2 is 1.82 bits per heavy atom. The fraction of sp³-hybridized carbons (Fsp3) is 0.235. The van der Waals surface area contributed by atoms with Crippen LogP contribution in [0, 0.1) is 0 Å². The lowest BCUT2D eigenvalue weighted by Gasteiger charge is -2.29. The van der Waals surface area contributed by atoms with E-state index in [4.69, 9.17) is 21.1 Å². The summed E-state index contributed by atoms with van der Waals surface area (Å²) in [7, 11) is 0. The second-order valence-electron chi connectivity index (χ2n) is 5.43. The fourth-order valence-corrected chi connectivity index (χ4v) is 3.14. The Labute approximate surface area is 133 Å². The van der Waals surface area contributed by atoms with E-state index < -0.39 is 0 Å². The molecule has 0 fully saturated rings. The van der Waals surface area contributed by atoms with Gasteiger partial charge in [0.05, 0.1) is 10.6 Å². The van der Waals surface area contributed by atoms with E-state index in [-0.39, 0.29) is 12.7 Å². The second-order valence-corrected chi connectivity index (χ2v) is 5.84. The Morgan fingerprint density at radius 3 is 2.59 bits per heavy atom. The molecule has 0 bridgehead atoms. The molecule has 0 unspecified atom stereocenters. The lowest BCUT2D eigenvalue weighted by molar-refractivity contribution is 0.0734. The average molecular weight is 316 g/mol. The van der Waals surface area contributed by atoms with Gasteiger partial charge in [-0.3, -0.25) is 4.79 Å².